The lowest BCUT2D eigenvalue weighted by Crippen LogP contribution is -2.39. The van der Waals surface area contributed by atoms with Crippen LogP contribution in [0.15, 0.2) is 34.6 Å². The first-order valence-corrected chi connectivity index (χ1v) is 9.03. The lowest BCUT2D eigenvalue weighted by molar-refractivity contribution is 0.539. The first-order valence-electron chi connectivity index (χ1n) is 6.50. The molecule has 0 aliphatic carbocycles. The van der Waals surface area contributed by atoms with Gasteiger partial charge in [0.1, 0.15) is 4.24 Å². The average Bonchev–Trinajstić information content (AvgIpc) is 3.01. The molecular weight excluding hydrogens is 294 g/mol. The molecule has 0 amide bonds. The van der Waals surface area contributed by atoms with E-state index in [1.54, 1.807) is 6.92 Å². The van der Waals surface area contributed by atoms with Gasteiger partial charge in [0.05, 0.1) is 17.3 Å². The van der Waals surface area contributed by atoms with Crippen LogP contribution in [0.4, 0.5) is 0 Å². The van der Waals surface area contributed by atoms with Gasteiger partial charge in [-0.3, -0.25) is 0 Å². The van der Waals surface area contributed by atoms with Gasteiger partial charge in [0.2, 0.25) is 0 Å². The molecule has 0 aromatic heterocycles. The van der Waals surface area contributed by atoms with Gasteiger partial charge in [0, 0.05) is 5.92 Å². The molecule has 1 fully saturated rings. The number of hydrazine groups is 1. The number of benzene rings is 1. The van der Waals surface area contributed by atoms with Crippen molar-refractivity contribution in [2.24, 2.45) is 11.7 Å². The standard InChI is InChI=1S/C13H17N3O2S2/c1-2-20(17,18)13-9(8-6-4-3-5-7-8)10-11(14)15-16-12(10)19-13/h3-7,10-12,15-16H,2,14H2,1H3. The predicted octanol–water partition coefficient (Wildman–Crippen LogP) is 0.872. The normalized spacial score (nSPS) is 29.8. The lowest BCUT2D eigenvalue weighted by Gasteiger charge is -2.17. The summed E-state index contributed by atoms with van der Waals surface area (Å²) in [4.78, 5) is 0. The second-order valence-corrected chi connectivity index (χ2v) is 8.47. The Morgan fingerprint density at radius 3 is 2.60 bits per heavy atom. The maximum Gasteiger partial charge on any atom is 0.184 e. The Hall–Kier alpha value is -0.860. The molecule has 7 heteroatoms. The van der Waals surface area contributed by atoms with E-state index in [4.69, 9.17) is 5.73 Å². The number of sulfone groups is 1. The fraction of sp³-hybridized carbons (Fsp3) is 0.385. The molecule has 5 nitrogen and oxygen atoms in total. The van der Waals surface area contributed by atoms with Crippen molar-refractivity contribution in [1.29, 1.82) is 0 Å². The first kappa shape index (κ1) is 14.1. The summed E-state index contributed by atoms with van der Waals surface area (Å²) >= 11 is 1.36. The highest BCUT2D eigenvalue weighted by atomic mass is 32.3. The zero-order valence-electron chi connectivity index (χ0n) is 11.0. The summed E-state index contributed by atoms with van der Waals surface area (Å²) in [6, 6.07) is 9.63. The lowest BCUT2D eigenvalue weighted by atomic mass is 9.92. The molecule has 2 aliphatic rings. The van der Waals surface area contributed by atoms with E-state index >= 15 is 0 Å². The van der Waals surface area contributed by atoms with Gasteiger partial charge in [-0.1, -0.05) is 49.0 Å². The minimum Gasteiger partial charge on any atom is -0.314 e. The number of nitrogens with two attached hydrogens (primary N) is 1. The van der Waals surface area contributed by atoms with E-state index in [-0.39, 0.29) is 23.2 Å². The summed E-state index contributed by atoms with van der Waals surface area (Å²) < 4.78 is 25.2. The molecule has 3 unspecified atom stereocenters. The zero-order chi connectivity index (χ0) is 14.3. The maximum atomic E-state index is 12.4. The van der Waals surface area contributed by atoms with Crippen LogP contribution in [0.3, 0.4) is 0 Å². The molecule has 1 saturated heterocycles. The summed E-state index contributed by atoms with van der Waals surface area (Å²) in [5.74, 6) is 0.0621. The maximum absolute atomic E-state index is 12.4. The van der Waals surface area contributed by atoms with Gasteiger partial charge in [-0.25, -0.2) is 19.3 Å². The van der Waals surface area contributed by atoms with Gasteiger partial charge >= 0.3 is 0 Å². The topological polar surface area (TPSA) is 84.2 Å². The van der Waals surface area contributed by atoms with Crippen LogP contribution in [-0.4, -0.2) is 25.7 Å². The van der Waals surface area contributed by atoms with Crippen LogP contribution in [0.5, 0.6) is 0 Å². The van der Waals surface area contributed by atoms with Crippen molar-refractivity contribution in [2.75, 3.05) is 5.75 Å². The Balaban J connectivity index is 2.17. The third-order valence-electron chi connectivity index (χ3n) is 3.64. The van der Waals surface area contributed by atoms with Gasteiger partial charge in [0.15, 0.2) is 9.84 Å². The Bertz CT molecular complexity index is 643. The van der Waals surface area contributed by atoms with Crippen molar-refractivity contribution >= 4 is 27.2 Å². The molecule has 3 rings (SSSR count). The second kappa shape index (κ2) is 5.16. The molecule has 2 heterocycles. The van der Waals surface area contributed by atoms with E-state index in [0.29, 0.717) is 4.24 Å². The molecule has 0 bridgehead atoms. The quantitative estimate of drug-likeness (QED) is 0.768. The van der Waals surface area contributed by atoms with E-state index in [1.165, 1.54) is 11.8 Å². The van der Waals surface area contributed by atoms with Crippen molar-refractivity contribution in [2.45, 2.75) is 18.5 Å². The zero-order valence-corrected chi connectivity index (χ0v) is 12.7. The number of nitrogens with one attached hydrogen (secondary N) is 2. The summed E-state index contributed by atoms with van der Waals surface area (Å²) in [6.07, 6.45) is -0.285. The monoisotopic (exact) mass is 311 g/mol. The minimum atomic E-state index is -3.24. The largest absolute Gasteiger partial charge is 0.314 e. The van der Waals surface area contributed by atoms with E-state index in [0.717, 1.165) is 11.1 Å². The molecule has 1 aromatic rings. The first-order chi connectivity index (χ1) is 9.54. The fourth-order valence-corrected chi connectivity index (χ4v) is 5.89. The van der Waals surface area contributed by atoms with Crippen LogP contribution in [0.2, 0.25) is 0 Å². The van der Waals surface area contributed by atoms with E-state index in [9.17, 15) is 8.42 Å². The van der Waals surface area contributed by atoms with Gasteiger partial charge in [-0.2, -0.15) is 0 Å². The van der Waals surface area contributed by atoms with Crippen LogP contribution in [-0.2, 0) is 9.84 Å². The Morgan fingerprint density at radius 2 is 1.95 bits per heavy atom. The van der Waals surface area contributed by atoms with Crippen molar-refractivity contribution in [3.8, 4) is 0 Å². The number of hydrogen-bond acceptors (Lipinski definition) is 6. The summed E-state index contributed by atoms with van der Waals surface area (Å²) in [5.41, 5.74) is 13.9. The molecule has 0 radical (unpaired) electrons. The summed E-state index contributed by atoms with van der Waals surface area (Å²) in [7, 11) is -3.24. The molecule has 1 aromatic carbocycles. The molecular formula is C13H17N3O2S2. The number of rotatable bonds is 3. The van der Waals surface area contributed by atoms with E-state index in [2.05, 4.69) is 10.9 Å². The number of thioether (sulfide) groups is 1. The van der Waals surface area contributed by atoms with Crippen LogP contribution >= 0.6 is 11.8 Å². The van der Waals surface area contributed by atoms with Crippen molar-refractivity contribution in [1.82, 2.24) is 10.9 Å². The van der Waals surface area contributed by atoms with Crippen LogP contribution < -0.4 is 16.6 Å². The number of hydrogen-bond donors (Lipinski definition) is 3. The molecule has 4 N–H and O–H groups in total. The molecule has 20 heavy (non-hydrogen) atoms. The Morgan fingerprint density at radius 1 is 1.25 bits per heavy atom. The highest BCUT2D eigenvalue weighted by Crippen LogP contribution is 2.50. The molecule has 3 atom stereocenters. The van der Waals surface area contributed by atoms with Crippen LogP contribution in [0.1, 0.15) is 12.5 Å². The smallest absolute Gasteiger partial charge is 0.184 e. The molecule has 0 saturated carbocycles. The van der Waals surface area contributed by atoms with Crippen molar-refractivity contribution < 1.29 is 8.42 Å². The average molecular weight is 311 g/mol. The third-order valence-corrected chi connectivity index (χ3v) is 7.33. The van der Waals surface area contributed by atoms with Gasteiger partial charge in [0.25, 0.3) is 0 Å². The van der Waals surface area contributed by atoms with E-state index < -0.39 is 9.84 Å². The molecule has 108 valence electrons. The van der Waals surface area contributed by atoms with Crippen molar-refractivity contribution in [3.05, 3.63) is 40.1 Å². The summed E-state index contributed by atoms with van der Waals surface area (Å²) in [5, 5.41) is -0.0310. The highest BCUT2D eigenvalue weighted by Gasteiger charge is 2.47. The van der Waals surface area contributed by atoms with Crippen molar-refractivity contribution in [3.63, 3.8) is 0 Å². The minimum absolute atomic E-state index is 0.0310. The van der Waals surface area contributed by atoms with Gasteiger partial charge in [-0.15, -0.1) is 0 Å². The van der Waals surface area contributed by atoms with E-state index in [1.807, 2.05) is 30.3 Å². The molecule has 0 spiro atoms. The highest BCUT2D eigenvalue weighted by molar-refractivity contribution is 8.19. The van der Waals surface area contributed by atoms with Gasteiger partial charge in [-0.05, 0) is 11.1 Å². The Labute approximate surface area is 122 Å². The number of fused-ring (bicyclic) bond motifs is 1. The molecule has 2 aliphatic heterocycles. The fourth-order valence-electron chi connectivity index (χ4n) is 2.59. The van der Waals surface area contributed by atoms with Gasteiger partial charge < -0.3 is 5.73 Å². The second-order valence-electron chi connectivity index (χ2n) is 4.85. The van der Waals surface area contributed by atoms with Crippen LogP contribution in [0.25, 0.3) is 5.57 Å². The third kappa shape index (κ3) is 2.19. The Kier molecular flexibility index (Phi) is 3.64. The summed E-state index contributed by atoms with van der Waals surface area (Å²) in [6.45, 7) is 1.67. The predicted molar refractivity (Wildman–Crippen MR) is 81.9 cm³/mol. The SMILES string of the molecule is CCS(=O)(=O)C1=C(c2ccccc2)C2C(N)NNC2S1. The van der Waals surface area contributed by atoms with Crippen LogP contribution in [0, 0.1) is 5.92 Å².